The zero-order valence-corrected chi connectivity index (χ0v) is 18.2. The number of carbonyl (C=O) groups is 3. The van der Waals surface area contributed by atoms with E-state index in [0.717, 1.165) is 41.5 Å². The summed E-state index contributed by atoms with van der Waals surface area (Å²) in [7, 11) is 0. The van der Waals surface area contributed by atoms with E-state index in [0.29, 0.717) is 0 Å². The first-order chi connectivity index (χ1) is 16.0. The minimum Gasteiger partial charge on any atom is -0.472 e. The minimum absolute atomic E-state index is 0.0265. The Morgan fingerprint density at radius 2 is 1.67 bits per heavy atom. The highest BCUT2D eigenvalue weighted by atomic mass is 16.5. The highest BCUT2D eigenvalue weighted by molar-refractivity contribution is 5.86. The molecule has 1 fully saturated rings. The number of fused-ring (bicyclic) bond motifs is 3. The average molecular weight is 447 g/mol. The molecule has 7 heteroatoms. The van der Waals surface area contributed by atoms with Crippen molar-refractivity contribution in [1.82, 2.24) is 10.6 Å². The standard InChI is InChI=1S/C26H26N2O5/c29-24(27-14-6-13-25(30)31)15-23(17-7-5-8-17)28-26(32)33-16-22-20-11-3-1-9-18(20)19-10-2-4-12-21(19)22/h1-4,9-12,17,22-23H,5,7-8,14-16H2,(H,27,29)(H,28,32)(H,30,31). The van der Waals surface area contributed by atoms with Gasteiger partial charge in [-0.3, -0.25) is 4.79 Å². The lowest BCUT2D eigenvalue weighted by molar-refractivity contribution is -0.130. The molecule has 0 radical (unpaired) electrons. The molecular weight excluding hydrogens is 420 g/mol. The molecule has 2 aliphatic rings. The third-order valence-corrected chi connectivity index (χ3v) is 6.34. The molecule has 7 nitrogen and oxygen atoms in total. The van der Waals surface area contributed by atoms with Crippen LogP contribution in [0.1, 0.15) is 42.7 Å². The van der Waals surface area contributed by atoms with Crippen LogP contribution >= 0.6 is 0 Å². The normalized spacial score (nSPS) is 15.2. The number of hydrogen-bond donors (Lipinski definition) is 3. The molecule has 1 saturated carbocycles. The number of carbonyl (C=O) groups excluding carboxylic acids is 2. The molecule has 2 aromatic rings. The molecule has 0 bridgehead atoms. The molecular formula is C26H26N2O5. The van der Waals surface area contributed by atoms with Crippen molar-refractivity contribution in [2.75, 3.05) is 13.2 Å². The number of aliphatic carboxylic acids is 1. The number of amides is 2. The summed E-state index contributed by atoms with van der Waals surface area (Å²) in [5.41, 5.74) is 4.61. The fourth-order valence-corrected chi connectivity index (χ4v) is 4.50. The fourth-order valence-electron chi connectivity index (χ4n) is 4.50. The molecule has 0 heterocycles. The van der Waals surface area contributed by atoms with E-state index in [2.05, 4.69) is 40.8 Å². The number of ether oxygens (including phenoxy) is 1. The van der Waals surface area contributed by atoms with Crippen LogP contribution in [0.5, 0.6) is 0 Å². The molecule has 0 spiro atoms. The summed E-state index contributed by atoms with van der Waals surface area (Å²) in [4.78, 5) is 35.3. The lowest BCUT2D eigenvalue weighted by Gasteiger charge is -2.33. The maximum absolute atomic E-state index is 12.6. The van der Waals surface area contributed by atoms with Crippen LogP contribution in [0.4, 0.5) is 4.79 Å². The first-order valence-corrected chi connectivity index (χ1v) is 11.1. The quantitative estimate of drug-likeness (QED) is 0.566. The van der Waals surface area contributed by atoms with Gasteiger partial charge in [-0.2, -0.15) is 0 Å². The van der Waals surface area contributed by atoms with Crippen molar-refractivity contribution in [2.24, 2.45) is 5.92 Å². The number of hydrogen-bond acceptors (Lipinski definition) is 4. The molecule has 0 aromatic heterocycles. The van der Waals surface area contributed by atoms with Gasteiger partial charge < -0.3 is 20.5 Å². The van der Waals surface area contributed by atoms with Gasteiger partial charge in [0.2, 0.25) is 5.91 Å². The average Bonchev–Trinajstić information content (AvgIpc) is 3.08. The third kappa shape index (κ3) is 5.35. The van der Waals surface area contributed by atoms with Crippen LogP contribution < -0.4 is 10.6 Å². The van der Waals surface area contributed by atoms with Crippen molar-refractivity contribution >= 4 is 18.0 Å². The monoisotopic (exact) mass is 446 g/mol. The van der Waals surface area contributed by atoms with Gasteiger partial charge >= 0.3 is 12.1 Å². The Hall–Kier alpha value is -3.79. The first kappa shape index (κ1) is 22.4. The third-order valence-electron chi connectivity index (χ3n) is 6.34. The van der Waals surface area contributed by atoms with Crippen LogP contribution in [-0.4, -0.2) is 42.3 Å². The van der Waals surface area contributed by atoms with Crippen LogP contribution in [0.2, 0.25) is 0 Å². The molecule has 2 amide bonds. The Morgan fingerprint density at radius 1 is 1.03 bits per heavy atom. The largest absolute Gasteiger partial charge is 0.472 e. The zero-order valence-electron chi connectivity index (χ0n) is 18.2. The summed E-state index contributed by atoms with van der Waals surface area (Å²) in [6.07, 6.45) is 2.52. The topological polar surface area (TPSA) is 105 Å². The summed E-state index contributed by atoms with van der Waals surface area (Å²) in [5.74, 6) is 2.98. The van der Waals surface area contributed by atoms with Crippen LogP contribution in [0.25, 0.3) is 11.1 Å². The second-order valence-electron chi connectivity index (χ2n) is 8.36. The predicted molar refractivity (Wildman–Crippen MR) is 122 cm³/mol. The van der Waals surface area contributed by atoms with Gasteiger partial charge in [-0.25, -0.2) is 9.59 Å². The summed E-state index contributed by atoms with van der Waals surface area (Å²) < 4.78 is 5.63. The molecule has 170 valence electrons. The van der Waals surface area contributed by atoms with Gasteiger partial charge in [0.05, 0.1) is 6.54 Å². The van der Waals surface area contributed by atoms with Crippen LogP contribution in [0, 0.1) is 17.8 Å². The zero-order chi connectivity index (χ0) is 23.2. The second-order valence-corrected chi connectivity index (χ2v) is 8.36. The number of alkyl carbamates (subject to hydrolysis) is 1. The predicted octanol–water partition coefficient (Wildman–Crippen LogP) is 3.29. The molecule has 3 N–H and O–H groups in total. The van der Waals surface area contributed by atoms with E-state index in [1.165, 1.54) is 0 Å². The molecule has 0 saturated heterocycles. The summed E-state index contributed by atoms with van der Waals surface area (Å²) in [6.45, 7) is 0.168. The Balaban J connectivity index is 1.34. The number of carboxylic acid groups (broad SMARTS) is 1. The lowest BCUT2D eigenvalue weighted by Crippen LogP contribution is -2.46. The van der Waals surface area contributed by atoms with Crippen LogP contribution in [0.3, 0.4) is 0 Å². The smallest absolute Gasteiger partial charge is 0.407 e. The molecule has 2 aromatic carbocycles. The number of benzene rings is 2. The second kappa shape index (κ2) is 10.2. The Morgan fingerprint density at radius 3 is 2.24 bits per heavy atom. The molecule has 1 unspecified atom stereocenters. The van der Waals surface area contributed by atoms with Gasteiger partial charge in [-0.15, -0.1) is 0 Å². The minimum atomic E-state index is -1.24. The molecule has 4 rings (SSSR count). The molecule has 2 aliphatic carbocycles. The van der Waals surface area contributed by atoms with Gasteiger partial charge in [0.1, 0.15) is 6.61 Å². The van der Waals surface area contributed by atoms with E-state index < -0.39 is 12.1 Å². The van der Waals surface area contributed by atoms with Gasteiger partial charge in [0.15, 0.2) is 0 Å². The Kier molecular flexibility index (Phi) is 6.94. The number of carboxylic acids is 1. The van der Waals surface area contributed by atoms with E-state index in [1.807, 2.05) is 30.2 Å². The highest BCUT2D eigenvalue weighted by Crippen LogP contribution is 2.44. The van der Waals surface area contributed by atoms with Crippen molar-refractivity contribution in [1.29, 1.82) is 0 Å². The summed E-state index contributed by atoms with van der Waals surface area (Å²) in [5, 5.41) is 14.0. The van der Waals surface area contributed by atoms with Crippen molar-refractivity contribution < 1.29 is 24.2 Å². The van der Waals surface area contributed by atoms with Crippen LogP contribution in [-0.2, 0) is 14.3 Å². The number of rotatable bonds is 7. The van der Waals surface area contributed by atoms with Crippen LogP contribution in [0.15, 0.2) is 48.5 Å². The Labute approximate surface area is 192 Å². The Bertz CT molecular complexity index is 1070. The fraction of sp³-hybridized carbons (Fsp3) is 0.346. The van der Waals surface area contributed by atoms with E-state index in [4.69, 9.17) is 9.84 Å². The van der Waals surface area contributed by atoms with Gasteiger partial charge in [0.25, 0.3) is 0 Å². The summed E-state index contributed by atoms with van der Waals surface area (Å²) >= 11 is 0. The van der Waals surface area contributed by atoms with Crippen molar-refractivity contribution in [2.45, 2.75) is 37.6 Å². The summed E-state index contributed by atoms with van der Waals surface area (Å²) in [6, 6.07) is 16.0. The molecule has 33 heavy (non-hydrogen) atoms. The van der Waals surface area contributed by atoms with Gasteiger partial charge in [0, 0.05) is 24.3 Å². The molecule has 1 atom stereocenters. The maximum atomic E-state index is 12.6. The number of nitrogens with one attached hydrogen (secondary N) is 2. The van der Waals surface area contributed by atoms with E-state index in [-0.39, 0.29) is 43.4 Å². The maximum Gasteiger partial charge on any atom is 0.407 e. The van der Waals surface area contributed by atoms with Crippen molar-refractivity contribution in [3.05, 3.63) is 59.7 Å². The highest BCUT2D eigenvalue weighted by Gasteiger charge is 2.32. The van der Waals surface area contributed by atoms with Crippen molar-refractivity contribution in [3.8, 4) is 23.0 Å². The SMILES string of the molecule is O=C(O)C#CCNC(=O)CC(NC(=O)OCC1c2ccccc2-c2ccccc21)C1CCC1. The first-order valence-electron chi connectivity index (χ1n) is 11.1. The van der Waals surface area contributed by atoms with E-state index in [9.17, 15) is 14.4 Å². The van der Waals surface area contributed by atoms with Crippen molar-refractivity contribution in [3.63, 3.8) is 0 Å². The van der Waals surface area contributed by atoms with Gasteiger partial charge in [-0.1, -0.05) is 60.9 Å². The van der Waals surface area contributed by atoms with E-state index in [1.54, 1.807) is 0 Å². The lowest BCUT2D eigenvalue weighted by atomic mass is 9.78. The van der Waals surface area contributed by atoms with Gasteiger partial charge in [-0.05, 0) is 41.0 Å². The molecule has 0 aliphatic heterocycles. The van der Waals surface area contributed by atoms with E-state index >= 15 is 0 Å².